The molecule has 0 amide bonds. The van der Waals surface area contributed by atoms with Crippen LogP contribution in [-0.2, 0) is 0 Å². The normalized spacial score (nSPS) is 15.3. The van der Waals surface area contributed by atoms with E-state index < -0.39 is 0 Å². The summed E-state index contributed by atoms with van der Waals surface area (Å²) in [5, 5.41) is 0. The molecular weight excluding hydrogens is 156 g/mol. The van der Waals surface area contributed by atoms with Crippen molar-refractivity contribution in [3.63, 3.8) is 0 Å². The van der Waals surface area contributed by atoms with Crippen molar-refractivity contribution in [2.24, 2.45) is 5.92 Å². The zero-order valence-electron chi connectivity index (χ0n) is 8.96. The van der Waals surface area contributed by atoms with Crippen LogP contribution in [0.2, 0.25) is 0 Å². The van der Waals surface area contributed by atoms with E-state index in [2.05, 4.69) is 51.1 Å². The first kappa shape index (κ1) is 10.3. The summed E-state index contributed by atoms with van der Waals surface area (Å²) in [4.78, 5) is 0. The van der Waals surface area contributed by atoms with Crippen molar-refractivity contribution in [2.45, 2.75) is 39.5 Å². The summed E-state index contributed by atoms with van der Waals surface area (Å²) in [7, 11) is 0. The number of hydrogen-bond donors (Lipinski definition) is 0. The molecule has 1 rings (SSSR count). The highest BCUT2D eigenvalue weighted by molar-refractivity contribution is 5.19. The van der Waals surface area contributed by atoms with Crippen LogP contribution >= 0.6 is 0 Å². The summed E-state index contributed by atoms with van der Waals surface area (Å²) < 4.78 is 0. The summed E-state index contributed by atoms with van der Waals surface area (Å²) in [5.41, 5.74) is 1.50. The lowest BCUT2D eigenvalue weighted by molar-refractivity contribution is 0.435. The van der Waals surface area contributed by atoms with Crippen LogP contribution in [0.3, 0.4) is 0 Å². The fourth-order valence-corrected chi connectivity index (χ4v) is 1.95. The van der Waals surface area contributed by atoms with E-state index in [1.807, 2.05) is 0 Å². The monoisotopic (exact) mass is 176 g/mol. The summed E-state index contributed by atoms with van der Waals surface area (Å²) in [6.45, 7) is 6.90. The van der Waals surface area contributed by atoms with Gasteiger partial charge in [0.2, 0.25) is 0 Å². The Morgan fingerprint density at radius 3 is 2.08 bits per heavy atom. The van der Waals surface area contributed by atoms with Crippen LogP contribution in [0, 0.1) is 5.92 Å². The summed E-state index contributed by atoms with van der Waals surface area (Å²) in [6, 6.07) is 10.9. The average Bonchev–Trinajstić information content (AvgIpc) is 2.20. The van der Waals surface area contributed by atoms with Gasteiger partial charge in [0, 0.05) is 0 Å². The van der Waals surface area contributed by atoms with Crippen LogP contribution in [0.15, 0.2) is 30.3 Å². The minimum absolute atomic E-state index is 0.742. The lowest BCUT2D eigenvalue weighted by Crippen LogP contribution is -2.07. The molecule has 0 N–H and O–H groups in total. The van der Waals surface area contributed by atoms with Gasteiger partial charge in [-0.1, -0.05) is 57.5 Å². The molecule has 0 heterocycles. The maximum absolute atomic E-state index is 2.35. The molecule has 1 aromatic rings. The largest absolute Gasteiger partial charge is 0.0651 e. The fourth-order valence-electron chi connectivity index (χ4n) is 1.95. The first-order valence-corrected chi connectivity index (χ1v) is 5.34. The first-order valence-electron chi connectivity index (χ1n) is 5.34. The molecule has 0 heteroatoms. The molecule has 2 atom stereocenters. The molecule has 0 spiro atoms. The van der Waals surface area contributed by atoms with Gasteiger partial charge in [0.05, 0.1) is 0 Å². The minimum atomic E-state index is 0.742. The van der Waals surface area contributed by atoms with Gasteiger partial charge in [-0.2, -0.15) is 0 Å². The van der Waals surface area contributed by atoms with E-state index in [9.17, 15) is 0 Å². The fraction of sp³-hybridized carbons (Fsp3) is 0.538. The van der Waals surface area contributed by atoms with Crippen molar-refractivity contribution >= 4 is 0 Å². The van der Waals surface area contributed by atoms with Gasteiger partial charge in [0.15, 0.2) is 0 Å². The van der Waals surface area contributed by atoms with Crippen molar-refractivity contribution < 1.29 is 0 Å². The molecule has 0 radical (unpaired) electrons. The molecule has 13 heavy (non-hydrogen) atoms. The molecule has 0 aliphatic rings. The molecule has 0 fully saturated rings. The summed E-state index contributed by atoms with van der Waals surface area (Å²) in [6.07, 6.45) is 2.52. The van der Waals surface area contributed by atoms with Crippen molar-refractivity contribution in [2.75, 3.05) is 0 Å². The van der Waals surface area contributed by atoms with Gasteiger partial charge in [-0.3, -0.25) is 0 Å². The van der Waals surface area contributed by atoms with E-state index in [0.717, 1.165) is 11.8 Å². The molecule has 0 nitrogen and oxygen atoms in total. The molecule has 0 bridgehead atoms. The molecule has 0 aliphatic carbocycles. The zero-order chi connectivity index (χ0) is 9.68. The number of hydrogen-bond acceptors (Lipinski definition) is 0. The van der Waals surface area contributed by atoms with Gasteiger partial charge >= 0.3 is 0 Å². The SMILES string of the molecule is CCC(C)[C@@H](CC)c1ccccc1. The third-order valence-corrected chi connectivity index (χ3v) is 3.00. The maximum Gasteiger partial charge on any atom is -0.0139 e. The van der Waals surface area contributed by atoms with Crippen molar-refractivity contribution in [3.8, 4) is 0 Å². The van der Waals surface area contributed by atoms with Gasteiger partial charge in [0.1, 0.15) is 0 Å². The van der Waals surface area contributed by atoms with E-state index in [-0.39, 0.29) is 0 Å². The van der Waals surface area contributed by atoms with Gasteiger partial charge < -0.3 is 0 Å². The highest BCUT2D eigenvalue weighted by Crippen LogP contribution is 2.29. The molecule has 0 aliphatic heterocycles. The lowest BCUT2D eigenvalue weighted by atomic mass is 9.84. The third kappa shape index (κ3) is 2.58. The second-order valence-electron chi connectivity index (χ2n) is 3.81. The Hall–Kier alpha value is -0.780. The van der Waals surface area contributed by atoms with Crippen molar-refractivity contribution in [1.29, 1.82) is 0 Å². The van der Waals surface area contributed by atoms with Crippen LogP contribution in [0.5, 0.6) is 0 Å². The zero-order valence-corrected chi connectivity index (χ0v) is 8.96. The Balaban J connectivity index is 2.78. The Bertz CT molecular complexity index is 225. The van der Waals surface area contributed by atoms with Crippen LogP contribution < -0.4 is 0 Å². The smallest absolute Gasteiger partial charge is 0.0139 e. The van der Waals surface area contributed by atoms with E-state index >= 15 is 0 Å². The molecule has 1 unspecified atom stereocenters. The number of benzene rings is 1. The quantitative estimate of drug-likeness (QED) is 0.644. The van der Waals surface area contributed by atoms with Gasteiger partial charge in [0.25, 0.3) is 0 Å². The number of rotatable bonds is 4. The van der Waals surface area contributed by atoms with Crippen LogP contribution in [0.4, 0.5) is 0 Å². The first-order chi connectivity index (χ1) is 6.29. The second kappa shape index (κ2) is 5.06. The van der Waals surface area contributed by atoms with Crippen LogP contribution in [-0.4, -0.2) is 0 Å². The van der Waals surface area contributed by atoms with E-state index in [1.165, 1.54) is 18.4 Å². The van der Waals surface area contributed by atoms with E-state index in [1.54, 1.807) is 0 Å². The third-order valence-electron chi connectivity index (χ3n) is 3.00. The predicted molar refractivity (Wildman–Crippen MR) is 58.9 cm³/mol. The average molecular weight is 176 g/mol. The molecule has 0 saturated heterocycles. The lowest BCUT2D eigenvalue weighted by Gasteiger charge is -2.21. The molecular formula is C13H20. The predicted octanol–water partition coefficient (Wildman–Crippen LogP) is 4.23. The van der Waals surface area contributed by atoms with Gasteiger partial charge in [-0.25, -0.2) is 0 Å². The maximum atomic E-state index is 2.35. The topological polar surface area (TPSA) is 0 Å². The van der Waals surface area contributed by atoms with Crippen LogP contribution in [0.25, 0.3) is 0 Å². The Kier molecular flexibility index (Phi) is 4.01. The van der Waals surface area contributed by atoms with Gasteiger partial charge in [-0.05, 0) is 23.8 Å². The van der Waals surface area contributed by atoms with Gasteiger partial charge in [-0.15, -0.1) is 0 Å². The van der Waals surface area contributed by atoms with E-state index in [0.29, 0.717) is 0 Å². The second-order valence-corrected chi connectivity index (χ2v) is 3.81. The molecule has 0 aromatic heterocycles. The Morgan fingerprint density at radius 1 is 1.00 bits per heavy atom. The summed E-state index contributed by atoms with van der Waals surface area (Å²) in [5.74, 6) is 1.54. The molecule has 0 saturated carbocycles. The highest BCUT2D eigenvalue weighted by atomic mass is 14.2. The van der Waals surface area contributed by atoms with Crippen molar-refractivity contribution in [3.05, 3.63) is 35.9 Å². The highest BCUT2D eigenvalue weighted by Gasteiger charge is 2.14. The minimum Gasteiger partial charge on any atom is -0.0651 e. The standard InChI is InChI=1S/C13H20/c1-4-11(3)13(5-2)12-9-7-6-8-10-12/h6-11,13H,4-5H2,1-3H3/t11?,13-/m1/s1. The van der Waals surface area contributed by atoms with E-state index in [4.69, 9.17) is 0 Å². The molecule has 1 aromatic carbocycles. The van der Waals surface area contributed by atoms with Crippen LogP contribution in [0.1, 0.15) is 45.1 Å². The summed E-state index contributed by atoms with van der Waals surface area (Å²) >= 11 is 0. The Morgan fingerprint density at radius 2 is 1.62 bits per heavy atom. The Labute approximate surface area is 82.0 Å². The van der Waals surface area contributed by atoms with Crippen molar-refractivity contribution in [1.82, 2.24) is 0 Å². The molecule has 72 valence electrons.